The number of carbonyl (C=O) groups excluding carboxylic acids is 1. The molecule has 0 aromatic heterocycles. The molecule has 2 aliphatic rings. The summed E-state index contributed by atoms with van der Waals surface area (Å²) in [5.74, 6) is 3.38. The van der Waals surface area contributed by atoms with Crippen LogP contribution in [0.25, 0.3) is 0 Å². The van der Waals surface area contributed by atoms with Crippen molar-refractivity contribution in [3.63, 3.8) is 0 Å². The van der Waals surface area contributed by atoms with Gasteiger partial charge in [-0.3, -0.25) is 9.69 Å². The van der Waals surface area contributed by atoms with Gasteiger partial charge < -0.3 is 23.8 Å². The highest BCUT2D eigenvalue weighted by molar-refractivity contribution is 6.32. The van der Waals surface area contributed by atoms with E-state index < -0.39 is 0 Å². The number of hydrogen-bond acceptors (Lipinski definition) is 6. The molecule has 0 unspecified atom stereocenters. The van der Waals surface area contributed by atoms with Crippen molar-refractivity contribution in [2.75, 3.05) is 47.1 Å². The summed E-state index contributed by atoms with van der Waals surface area (Å²) in [5.41, 5.74) is 2.01. The standard InChI is InChI=1S/C28H37ClN2O5/c1-19(2)15-31(16-20-12-24(29)27-26(13-20)35-10-5-11-36-27)28(32)21-8-9-30(17-21)18-22-14-23(33-3)6-7-25(22)34-4/h6-7,12-14,19,21H,5,8-11,15-18H2,1-4H3/t21-/m1/s1. The van der Waals surface area contributed by atoms with Gasteiger partial charge in [-0.15, -0.1) is 0 Å². The first-order chi connectivity index (χ1) is 17.4. The van der Waals surface area contributed by atoms with Crippen LogP contribution in [-0.4, -0.2) is 62.8 Å². The van der Waals surface area contributed by atoms with Crippen molar-refractivity contribution in [1.82, 2.24) is 9.80 Å². The molecule has 0 bridgehead atoms. The summed E-state index contributed by atoms with van der Waals surface area (Å²) >= 11 is 6.52. The quantitative estimate of drug-likeness (QED) is 0.466. The minimum absolute atomic E-state index is 0.0452. The Morgan fingerprint density at radius 3 is 2.72 bits per heavy atom. The molecule has 36 heavy (non-hydrogen) atoms. The zero-order valence-corrected chi connectivity index (χ0v) is 22.5. The Morgan fingerprint density at radius 2 is 1.97 bits per heavy atom. The van der Waals surface area contributed by atoms with Gasteiger partial charge in [-0.05, 0) is 54.8 Å². The summed E-state index contributed by atoms with van der Waals surface area (Å²) in [4.78, 5) is 18.0. The van der Waals surface area contributed by atoms with Gasteiger partial charge in [-0.1, -0.05) is 25.4 Å². The number of methoxy groups -OCH3 is 2. The zero-order chi connectivity index (χ0) is 25.7. The van der Waals surface area contributed by atoms with Gasteiger partial charge >= 0.3 is 0 Å². The summed E-state index contributed by atoms with van der Waals surface area (Å²) in [6.07, 6.45) is 1.65. The van der Waals surface area contributed by atoms with Crippen molar-refractivity contribution in [1.29, 1.82) is 0 Å². The third-order valence-corrected chi connectivity index (χ3v) is 6.92. The highest BCUT2D eigenvalue weighted by Crippen LogP contribution is 2.38. The Labute approximate surface area is 219 Å². The van der Waals surface area contributed by atoms with Gasteiger partial charge in [-0.2, -0.15) is 0 Å². The molecule has 8 heteroatoms. The van der Waals surface area contributed by atoms with Crippen LogP contribution in [0.3, 0.4) is 0 Å². The van der Waals surface area contributed by atoms with Gasteiger partial charge in [0.15, 0.2) is 11.5 Å². The maximum Gasteiger partial charge on any atom is 0.227 e. The fraction of sp³-hybridized carbons (Fsp3) is 0.536. The normalized spacial score (nSPS) is 17.7. The second kappa shape index (κ2) is 12.1. The first-order valence-corrected chi connectivity index (χ1v) is 13.1. The second-order valence-corrected chi connectivity index (χ2v) is 10.4. The number of amides is 1. The lowest BCUT2D eigenvalue weighted by atomic mass is 10.0. The number of carbonyl (C=O) groups is 1. The van der Waals surface area contributed by atoms with Gasteiger partial charge in [-0.25, -0.2) is 0 Å². The largest absolute Gasteiger partial charge is 0.497 e. The molecular formula is C28H37ClN2O5. The molecule has 0 spiro atoms. The molecule has 4 rings (SSSR count). The lowest BCUT2D eigenvalue weighted by Crippen LogP contribution is -2.39. The third kappa shape index (κ3) is 6.37. The number of rotatable bonds is 9. The Bertz CT molecular complexity index is 1060. The highest BCUT2D eigenvalue weighted by Gasteiger charge is 2.32. The van der Waals surface area contributed by atoms with E-state index in [1.807, 2.05) is 35.2 Å². The molecule has 7 nitrogen and oxygen atoms in total. The van der Waals surface area contributed by atoms with E-state index >= 15 is 0 Å². The summed E-state index contributed by atoms with van der Waals surface area (Å²) in [7, 11) is 3.34. The second-order valence-electron chi connectivity index (χ2n) is 9.97. The first kappa shape index (κ1) is 26.4. The molecule has 2 heterocycles. The van der Waals surface area contributed by atoms with Crippen molar-refractivity contribution in [2.24, 2.45) is 11.8 Å². The van der Waals surface area contributed by atoms with Crippen molar-refractivity contribution < 1.29 is 23.7 Å². The Morgan fingerprint density at radius 1 is 1.17 bits per heavy atom. The predicted molar refractivity (Wildman–Crippen MR) is 140 cm³/mol. The molecule has 196 valence electrons. The number of halogens is 1. The first-order valence-electron chi connectivity index (χ1n) is 12.7. The summed E-state index contributed by atoms with van der Waals surface area (Å²) in [5, 5.41) is 0.528. The van der Waals surface area contributed by atoms with Crippen LogP contribution in [0.1, 0.15) is 37.8 Å². The molecule has 1 amide bonds. The van der Waals surface area contributed by atoms with Crippen LogP contribution in [0.4, 0.5) is 0 Å². The van der Waals surface area contributed by atoms with Crippen LogP contribution in [0.5, 0.6) is 23.0 Å². The minimum atomic E-state index is -0.0452. The molecule has 1 fully saturated rings. The lowest BCUT2D eigenvalue weighted by molar-refractivity contribution is -0.136. The number of likely N-dealkylation sites (tertiary alicyclic amines) is 1. The topological polar surface area (TPSA) is 60.5 Å². The third-order valence-electron chi connectivity index (χ3n) is 6.64. The van der Waals surface area contributed by atoms with Gasteiger partial charge in [0.05, 0.1) is 38.4 Å². The van der Waals surface area contributed by atoms with Crippen LogP contribution >= 0.6 is 11.6 Å². The average molecular weight is 517 g/mol. The fourth-order valence-electron chi connectivity index (χ4n) is 4.95. The van der Waals surface area contributed by atoms with E-state index in [9.17, 15) is 4.79 Å². The maximum atomic E-state index is 13.7. The highest BCUT2D eigenvalue weighted by atomic mass is 35.5. The lowest BCUT2D eigenvalue weighted by Gasteiger charge is -2.28. The molecule has 2 aliphatic heterocycles. The van der Waals surface area contributed by atoms with Crippen LogP contribution in [0, 0.1) is 11.8 Å². The van der Waals surface area contributed by atoms with Crippen LogP contribution in [0.2, 0.25) is 5.02 Å². The number of benzene rings is 2. The summed E-state index contributed by atoms with van der Waals surface area (Å²) in [6, 6.07) is 9.69. The van der Waals surface area contributed by atoms with Crippen LogP contribution < -0.4 is 18.9 Å². The monoisotopic (exact) mass is 516 g/mol. The van der Waals surface area contributed by atoms with Gasteiger partial charge in [0.1, 0.15) is 11.5 Å². The smallest absolute Gasteiger partial charge is 0.227 e. The van der Waals surface area contributed by atoms with Crippen molar-refractivity contribution in [3.8, 4) is 23.0 Å². The van der Waals surface area contributed by atoms with Crippen LogP contribution in [-0.2, 0) is 17.9 Å². The number of fused-ring (bicyclic) bond motifs is 1. The van der Waals surface area contributed by atoms with E-state index in [0.717, 1.165) is 48.6 Å². The predicted octanol–water partition coefficient (Wildman–Crippen LogP) is 5.03. The summed E-state index contributed by atoms with van der Waals surface area (Å²) < 4.78 is 22.6. The van der Waals surface area contributed by atoms with E-state index in [0.29, 0.717) is 55.3 Å². The molecule has 2 aromatic rings. The Hall–Kier alpha value is -2.64. The van der Waals surface area contributed by atoms with Gasteiger partial charge in [0.25, 0.3) is 0 Å². The van der Waals surface area contributed by atoms with Crippen LogP contribution in [0.15, 0.2) is 30.3 Å². The maximum absolute atomic E-state index is 13.7. The Balaban J connectivity index is 1.45. The molecule has 0 radical (unpaired) electrons. The minimum Gasteiger partial charge on any atom is -0.497 e. The average Bonchev–Trinajstić information content (AvgIpc) is 3.18. The molecule has 2 aromatic carbocycles. The van der Waals surface area contributed by atoms with E-state index in [-0.39, 0.29) is 11.8 Å². The molecule has 0 saturated carbocycles. The van der Waals surface area contributed by atoms with Crippen molar-refractivity contribution in [3.05, 3.63) is 46.5 Å². The van der Waals surface area contributed by atoms with Gasteiger partial charge in [0.2, 0.25) is 5.91 Å². The molecule has 0 aliphatic carbocycles. The van der Waals surface area contributed by atoms with Crippen molar-refractivity contribution >= 4 is 17.5 Å². The Kier molecular flexibility index (Phi) is 8.86. The molecule has 1 atom stereocenters. The SMILES string of the molecule is COc1ccc(OC)c(CN2CC[C@@H](C(=O)N(Cc3cc(Cl)c4c(c3)OCCCO4)CC(C)C)C2)c1. The van der Waals surface area contributed by atoms with Gasteiger partial charge in [0, 0.05) is 38.2 Å². The van der Waals surface area contributed by atoms with E-state index in [4.69, 9.17) is 30.5 Å². The van der Waals surface area contributed by atoms with E-state index in [1.54, 1.807) is 14.2 Å². The van der Waals surface area contributed by atoms with E-state index in [1.165, 1.54) is 0 Å². The fourth-order valence-corrected chi connectivity index (χ4v) is 5.24. The number of nitrogens with zero attached hydrogens (tertiary/aromatic N) is 2. The molecule has 0 N–H and O–H groups in total. The summed E-state index contributed by atoms with van der Waals surface area (Å²) in [6.45, 7) is 8.93. The number of hydrogen-bond donors (Lipinski definition) is 0. The number of ether oxygens (including phenoxy) is 4. The molecule has 1 saturated heterocycles. The molecular weight excluding hydrogens is 480 g/mol. The zero-order valence-electron chi connectivity index (χ0n) is 21.7. The van der Waals surface area contributed by atoms with E-state index in [2.05, 4.69) is 18.7 Å². The van der Waals surface area contributed by atoms with Crippen molar-refractivity contribution in [2.45, 2.75) is 39.8 Å².